The van der Waals surface area contributed by atoms with Crippen LogP contribution in [0.4, 0.5) is 10.5 Å². The molecule has 2 heterocycles. The molecule has 2 aromatic rings. The SMILES string of the molecule is CC(=O)N1c2ccc(-c3noc(CCNC(C)C)n3)cc2[C@H](NC(=O)OC(C)C)C[C@@H]1C. The Morgan fingerprint density at radius 3 is 2.69 bits per heavy atom. The van der Waals surface area contributed by atoms with Crippen LogP contribution in [0.3, 0.4) is 0 Å². The van der Waals surface area contributed by atoms with E-state index in [1.165, 1.54) is 0 Å². The van der Waals surface area contributed by atoms with Crippen LogP contribution in [-0.4, -0.2) is 46.9 Å². The predicted molar refractivity (Wildman–Crippen MR) is 121 cm³/mol. The van der Waals surface area contributed by atoms with E-state index < -0.39 is 6.09 Å². The van der Waals surface area contributed by atoms with Gasteiger partial charge in [0.2, 0.25) is 17.6 Å². The number of alkyl carbamates (subject to hydrolysis) is 1. The average molecular weight is 444 g/mol. The number of fused-ring (bicyclic) bond motifs is 1. The van der Waals surface area contributed by atoms with E-state index in [-0.39, 0.29) is 24.1 Å². The maximum absolute atomic E-state index is 12.3. The van der Waals surface area contributed by atoms with Crippen molar-refractivity contribution >= 4 is 17.7 Å². The summed E-state index contributed by atoms with van der Waals surface area (Å²) in [4.78, 5) is 30.9. The molecule has 0 saturated carbocycles. The molecule has 174 valence electrons. The topological polar surface area (TPSA) is 110 Å². The second-order valence-electron chi connectivity index (χ2n) is 8.77. The standard InChI is InChI=1S/C23H33N5O4/c1-13(2)24-10-9-21-26-22(27-32-21)17-7-8-20-18(12-17)19(25-23(30)31-14(3)4)11-15(5)28(20)16(6)29/h7-8,12-15,19,24H,9-11H2,1-6H3,(H,25,30)/t15-,19+/m0/s1. The van der Waals surface area contributed by atoms with Crippen LogP contribution in [0.15, 0.2) is 22.7 Å². The van der Waals surface area contributed by atoms with Crippen molar-refractivity contribution in [2.75, 3.05) is 11.4 Å². The number of benzene rings is 1. The Labute approximate surface area is 188 Å². The van der Waals surface area contributed by atoms with Crippen molar-refractivity contribution in [1.82, 2.24) is 20.8 Å². The molecule has 9 nitrogen and oxygen atoms in total. The number of ether oxygens (including phenoxy) is 1. The minimum absolute atomic E-state index is 0.0470. The molecule has 32 heavy (non-hydrogen) atoms. The van der Waals surface area contributed by atoms with Gasteiger partial charge in [0.1, 0.15) is 0 Å². The summed E-state index contributed by atoms with van der Waals surface area (Å²) in [5.41, 5.74) is 2.35. The first kappa shape index (κ1) is 23.7. The number of nitrogens with zero attached hydrogens (tertiary/aromatic N) is 3. The molecule has 1 aliphatic heterocycles. The van der Waals surface area contributed by atoms with E-state index in [2.05, 4.69) is 34.6 Å². The minimum Gasteiger partial charge on any atom is -0.447 e. The lowest BCUT2D eigenvalue weighted by Crippen LogP contribution is -2.45. The molecular formula is C23H33N5O4. The molecule has 3 rings (SSSR count). The molecule has 1 aliphatic rings. The molecule has 2 N–H and O–H groups in total. The number of rotatable bonds is 7. The molecule has 0 saturated heterocycles. The summed E-state index contributed by atoms with van der Waals surface area (Å²) in [6.07, 6.45) is 0.501. The first-order valence-electron chi connectivity index (χ1n) is 11.1. The van der Waals surface area contributed by atoms with Crippen LogP contribution >= 0.6 is 0 Å². The quantitative estimate of drug-likeness (QED) is 0.673. The molecule has 9 heteroatoms. The van der Waals surface area contributed by atoms with Crippen LogP contribution in [0, 0.1) is 0 Å². The molecule has 0 spiro atoms. The Morgan fingerprint density at radius 1 is 1.28 bits per heavy atom. The maximum Gasteiger partial charge on any atom is 0.407 e. The largest absolute Gasteiger partial charge is 0.447 e. The van der Waals surface area contributed by atoms with E-state index in [1.54, 1.807) is 25.7 Å². The summed E-state index contributed by atoms with van der Waals surface area (Å²) in [6, 6.07) is 5.68. The van der Waals surface area contributed by atoms with Gasteiger partial charge >= 0.3 is 6.09 Å². The fourth-order valence-corrected chi connectivity index (χ4v) is 3.95. The van der Waals surface area contributed by atoms with Gasteiger partial charge in [0, 0.05) is 43.2 Å². The Bertz CT molecular complexity index is 956. The lowest BCUT2D eigenvalue weighted by atomic mass is 9.90. The zero-order valence-corrected chi connectivity index (χ0v) is 19.6. The van der Waals surface area contributed by atoms with Crippen molar-refractivity contribution in [3.8, 4) is 11.4 Å². The number of hydrogen-bond acceptors (Lipinski definition) is 7. The zero-order valence-electron chi connectivity index (χ0n) is 19.6. The van der Waals surface area contributed by atoms with Crippen molar-refractivity contribution in [3.05, 3.63) is 29.7 Å². The normalized spacial score (nSPS) is 18.1. The summed E-state index contributed by atoms with van der Waals surface area (Å²) in [6.45, 7) is 12.0. The van der Waals surface area contributed by atoms with Gasteiger partial charge in [0.15, 0.2) is 0 Å². The highest BCUT2D eigenvalue weighted by Crippen LogP contribution is 2.39. The molecule has 0 aliphatic carbocycles. The summed E-state index contributed by atoms with van der Waals surface area (Å²) in [5.74, 6) is 0.984. The highest BCUT2D eigenvalue weighted by Gasteiger charge is 2.34. The summed E-state index contributed by atoms with van der Waals surface area (Å²) < 4.78 is 10.7. The van der Waals surface area contributed by atoms with Crippen LogP contribution in [-0.2, 0) is 16.0 Å². The first-order valence-corrected chi connectivity index (χ1v) is 11.1. The predicted octanol–water partition coefficient (Wildman–Crippen LogP) is 3.60. The number of anilines is 1. The van der Waals surface area contributed by atoms with Gasteiger partial charge in [-0.2, -0.15) is 4.98 Å². The lowest BCUT2D eigenvalue weighted by molar-refractivity contribution is -0.117. The maximum atomic E-state index is 12.3. The Morgan fingerprint density at radius 2 is 2.03 bits per heavy atom. The molecule has 1 aromatic heterocycles. The van der Waals surface area contributed by atoms with Gasteiger partial charge in [-0.15, -0.1) is 0 Å². The van der Waals surface area contributed by atoms with E-state index in [9.17, 15) is 9.59 Å². The third-order valence-electron chi connectivity index (χ3n) is 5.27. The minimum atomic E-state index is -0.482. The van der Waals surface area contributed by atoms with Crippen LogP contribution in [0.25, 0.3) is 11.4 Å². The van der Waals surface area contributed by atoms with Crippen LogP contribution < -0.4 is 15.5 Å². The second-order valence-corrected chi connectivity index (χ2v) is 8.77. The molecule has 2 amide bonds. The Balaban J connectivity index is 1.89. The van der Waals surface area contributed by atoms with Crippen molar-refractivity contribution in [1.29, 1.82) is 0 Å². The van der Waals surface area contributed by atoms with Crippen molar-refractivity contribution < 1.29 is 18.8 Å². The molecule has 0 fully saturated rings. The number of aromatic nitrogens is 2. The van der Waals surface area contributed by atoms with Gasteiger partial charge in [-0.3, -0.25) is 4.79 Å². The van der Waals surface area contributed by atoms with E-state index in [0.29, 0.717) is 30.6 Å². The van der Waals surface area contributed by atoms with Gasteiger partial charge in [-0.1, -0.05) is 19.0 Å². The number of hydrogen-bond donors (Lipinski definition) is 2. The third-order valence-corrected chi connectivity index (χ3v) is 5.27. The second kappa shape index (κ2) is 10.1. The van der Waals surface area contributed by atoms with Gasteiger partial charge < -0.3 is 24.8 Å². The zero-order chi connectivity index (χ0) is 23.4. The average Bonchev–Trinajstić information content (AvgIpc) is 3.15. The Kier molecular flexibility index (Phi) is 7.50. The third kappa shape index (κ3) is 5.64. The summed E-state index contributed by atoms with van der Waals surface area (Å²) in [5, 5.41) is 10.4. The Hall–Kier alpha value is -2.94. The van der Waals surface area contributed by atoms with Crippen LogP contribution in [0.5, 0.6) is 0 Å². The summed E-state index contributed by atoms with van der Waals surface area (Å²) >= 11 is 0. The fraction of sp³-hybridized carbons (Fsp3) is 0.565. The molecule has 0 unspecified atom stereocenters. The monoisotopic (exact) mass is 443 g/mol. The molecule has 0 bridgehead atoms. The fourth-order valence-electron chi connectivity index (χ4n) is 3.95. The number of nitrogens with one attached hydrogen (secondary N) is 2. The lowest BCUT2D eigenvalue weighted by Gasteiger charge is -2.39. The van der Waals surface area contributed by atoms with Crippen LogP contribution in [0.1, 0.15) is 65.5 Å². The van der Waals surface area contributed by atoms with Crippen molar-refractivity contribution in [2.45, 2.75) is 78.6 Å². The molecular weight excluding hydrogens is 410 g/mol. The van der Waals surface area contributed by atoms with Crippen molar-refractivity contribution in [2.24, 2.45) is 0 Å². The van der Waals surface area contributed by atoms with Crippen molar-refractivity contribution in [3.63, 3.8) is 0 Å². The molecule has 1 aromatic carbocycles. The van der Waals surface area contributed by atoms with E-state index >= 15 is 0 Å². The number of carbonyl (C=O) groups excluding carboxylic acids is 2. The van der Waals surface area contributed by atoms with Gasteiger partial charge in [-0.05, 0) is 51.0 Å². The summed E-state index contributed by atoms with van der Waals surface area (Å²) in [7, 11) is 0. The van der Waals surface area contributed by atoms with Gasteiger partial charge in [0.25, 0.3) is 0 Å². The van der Waals surface area contributed by atoms with Gasteiger partial charge in [0.05, 0.1) is 12.1 Å². The number of amides is 2. The van der Waals surface area contributed by atoms with Gasteiger partial charge in [-0.25, -0.2) is 4.79 Å². The van der Waals surface area contributed by atoms with E-state index in [4.69, 9.17) is 9.26 Å². The molecule has 2 atom stereocenters. The highest BCUT2D eigenvalue weighted by molar-refractivity contribution is 5.94. The highest BCUT2D eigenvalue weighted by atomic mass is 16.6. The van der Waals surface area contributed by atoms with E-state index in [1.807, 2.05) is 25.1 Å². The number of carbonyl (C=O) groups is 2. The molecule has 0 radical (unpaired) electrons. The first-order chi connectivity index (χ1) is 15.2. The van der Waals surface area contributed by atoms with Crippen LogP contribution in [0.2, 0.25) is 0 Å². The smallest absolute Gasteiger partial charge is 0.407 e. The van der Waals surface area contributed by atoms with E-state index in [0.717, 1.165) is 23.4 Å².